The fourth-order valence-electron chi connectivity index (χ4n) is 7.37. The first-order valence-electron chi connectivity index (χ1n) is 27.3. The highest BCUT2D eigenvalue weighted by atomic mass is 16.6. The second kappa shape index (κ2) is 53.9. The van der Waals surface area contributed by atoms with Crippen molar-refractivity contribution >= 4 is 17.9 Å². The normalized spacial score (nSPS) is 12.8. The molecule has 0 N–H and O–H groups in total. The number of hydrogen-bond donors (Lipinski definition) is 0. The Bertz CT molecular complexity index is 1330. The van der Waals surface area contributed by atoms with Crippen LogP contribution in [-0.4, -0.2) is 37.2 Å². The molecule has 0 amide bonds. The minimum Gasteiger partial charge on any atom is -0.462 e. The van der Waals surface area contributed by atoms with E-state index in [0.717, 1.165) is 116 Å². The van der Waals surface area contributed by atoms with Crippen LogP contribution in [0, 0.1) is 0 Å². The van der Waals surface area contributed by atoms with Gasteiger partial charge in [0.15, 0.2) is 6.10 Å². The molecule has 0 fully saturated rings. The van der Waals surface area contributed by atoms with E-state index >= 15 is 0 Å². The summed E-state index contributed by atoms with van der Waals surface area (Å²) in [6.45, 7) is 6.41. The fraction of sp³-hybridized carbons (Fsp3) is 0.683. The number of esters is 3. The van der Waals surface area contributed by atoms with E-state index in [2.05, 4.69) is 93.7 Å². The van der Waals surface area contributed by atoms with E-state index in [1.54, 1.807) is 0 Å². The molecule has 0 bridgehead atoms. The zero-order valence-electron chi connectivity index (χ0n) is 42.9. The quantitative estimate of drug-likeness (QED) is 0.0199. The molecule has 376 valence electrons. The summed E-state index contributed by atoms with van der Waals surface area (Å²) in [7, 11) is 0. The summed E-state index contributed by atoms with van der Waals surface area (Å²) in [5, 5.41) is 0. The molecular weight excluding hydrogens is 817 g/mol. The van der Waals surface area contributed by atoms with Crippen LogP contribution >= 0.6 is 0 Å². The van der Waals surface area contributed by atoms with Crippen molar-refractivity contribution in [2.75, 3.05) is 13.2 Å². The van der Waals surface area contributed by atoms with Gasteiger partial charge in [0.25, 0.3) is 0 Å². The Balaban J connectivity index is 4.47. The van der Waals surface area contributed by atoms with Crippen molar-refractivity contribution in [1.82, 2.24) is 0 Å². The number of hydrogen-bond acceptors (Lipinski definition) is 6. The third-order valence-corrected chi connectivity index (χ3v) is 11.4. The zero-order chi connectivity index (χ0) is 47.9. The van der Waals surface area contributed by atoms with E-state index in [4.69, 9.17) is 14.2 Å². The van der Waals surface area contributed by atoms with Gasteiger partial charge in [-0.05, 0) is 70.6 Å². The zero-order valence-corrected chi connectivity index (χ0v) is 42.9. The Morgan fingerprint density at radius 2 is 0.682 bits per heavy atom. The molecule has 6 heteroatoms. The van der Waals surface area contributed by atoms with Crippen LogP contribution in [0.3, 0.4) is 0 Å². The number of rotatable bonds is 48. The van der Waals surface area contributed by atoms with Crippen LogP contribution in [0.4, 0.5) is 0 Å². The van der Waals surface area contributed by atoms with E-state index < -0.39 is 6.10 Å². The monoisotopic (exact) mass is 917 g/mol. The molecule has 6 nitrogen and oxygen atoms in total. The fourth-order valence-corrected chi connectivity index (χ4v) is 7.37. The maximum absolute atomic E-state index is 12.8. The predicted octanol–water partition coefficient (Wildman–Crippen LogP) is 18.1. The summed E-state index contributed by atoms with van der Waals surface area (Å²) in [5.74, 6) is -0.927. The molecule has 0 saturated heterocycles. The van der Waals surface area contributed by atoms with Gasteiger partial charge in [-0.1, -0.05) is 253 Å². The number of carbonyl (C=O) groups is 3. The van der Waals surface area contributed by atoms with E-state index in [9.17, 15) is 14.4 Å². The molecule has 0 aromatic carbocycles. The molecule has 0 aliphatic rings. The molecule has 0 aromatic heterocycles. The van der Waals surface area contributed by atoms with Gasteiger partial charge in [-0.15, -0.1) is 0 Å². The Morgan fingerprint density at radius 1 is 0.333 bits per heavy atom. The molecule has 0 rings (SSSR count). The third kappa shape index (κ3) is 51.3. The maximum Gasteiger partial charge on any atom is 0.306 e. The van der Waals surface area contributed by atoms with Gasteiger partial charge in [0.1, 0.15) is 13.2 Å². The lowest BCUT2D eigenvalue weighted by Crippen LogP contribution is -2.30. The standard InChI is InChI=1S/C60H100O6/c1-4-7-10-13-16-19-22-25-28-30-31-33-35-38-41-44-47-50-53-59(62)65-56-57(55-64-58(61)52-49-46-43-40-37-34-27-24-21-18-15-12-9-6-3)66-60(63)54-51-48-45-42-39-36-32-29-26-23-20-17-14-11-8-5-2/h8,10-11,13,16-17,19-20,22,25-26,28-31,33,57H,4-7,9,12,14-15,18,21,23-24,27,32,34-56H2,1-3H3/b11-8-,13-10-,19-16-,20-17-,25-22-,29-26-,30-28-,33-31-. The van der Waals surface area contributed by atoms with Crippen LogP contribution in [0.5, 0.6) is 0 Å². The van der Waals surface area contributed by atoms with Crippen molar-refractivity contribution in [2.45, 2.75) is 252 Å². The Labute approximate surface area is 407 Å². The van der Waals surface area contributed by atoms with Crippen molar-refractivity contribution in [1.29, 1.82) is 0 Å². The minimum atomic E-state index is -0.795. The van der Waals surface area contributed by atoms with E-state index in [1.807, 2.05) is 24.3 Å². The molecule has 0 saturated carbocycles. The first-order chi connectivity index (χ1) is 32.5. The van der Waals surface area contributed by atoms with Gasteiger partial charge in [-0.3, -0.25) is 14.4 Å². The molecule has 66 heavy (non-hydrogen) atoms. The lowest BCUT2D eigenvalue weighted by Gasteiger charge is -2.18. The topological polar surface area (TPSA) is 78.9 Å². The summed E-state index contributed by atoms with van der Waals surface area (Å²) in [4.78, 5) is 38.1. The van der Waals surface area contributed by atoms with Crippen molar-refractivity contribution in [3.05, 3.63) is 97.2 Å². The summed E-state index contributed by atoms with van der Waals surface area (Å²) in [6.07, 6.45) is 70.9. The Morgan fingerprint density at radius 3 is 1.12 bits per heavy atom. The average Bonchev–Trinajstić information content (AvgIpc) is 3.31. The van der Waals surface area contributed by atoms with Gasteiger partial charge in [0.2, 0.25) is 0 Å². The first kappa shape index (κ1) is 62.3. The van der Waals surface area contributed by atoms with Crippen molar-refractivity contribution in [2.24, 2.45) is 0 Å². The van der Waals surface area contributed by atoms with Crippen molar-refractivity contribution < 1.29 is 28.6 Å². The van der Waals surface area contributed by atoms with E-state index in [0.29, 0.717) is 19.3 Å². The Hall–Kier alpha value is -3.67. The smallest absolute Gasteiger partial charge is 0.306 e. The molecule has 0 aromatic rings. The molecule has 1 unspecified atom stereocenters. The maximum atomic E-state index is 12.8. The Kier molecular flexibility index (Phi) is 50.9. The molecule has 1 atom stereocenters. The number of allylic oxidation sites excluding steroid dienone is 16. The largest absolute Gasteiger partial charge is 0.462 e. The summed E-state index contributed by atoms with van der Waals surface area (Å²) in [5.41, 5.74) is 0. The lowest BCUT2D eigenvalue weighted by atomic mass is 10.0. The summed E-state index contributed by atoms with van der Waals surface area (Å²) < 4.78 is 16.8. The van der Waals surface area contributed by atoms with Crippen LogP contribution in [0.2, 0.25) is 0 Å². The lowest BCUT2D eigenvalue weighted by molar-refractivity contribution is -0.167. The van der Waals surface area contributed by atoms with Gasteiger partial charge < -0.3 is 14.2 Å². The van der Waals surface area contributed by atoms with E-state index in [-0.39, 0.29) is 31.1 Å². The van der Waals surface area contributed by atoms with Crippen molar-refractivity contribution in [3.63, 3.8) is 0 Å². The molecule has 0 aliphatic carbocycles. The van der Waals surface area contributed by atoms with Crippen molar-refractivity contribution in [3.8, 4) is 0 Å². The van der Waals surface area contributed by atoms with Crippen LogP contribution in [0.15, 0.2) is 97.2 Å². The summed E-state index contributed by atoms with van der Waals surface area (Å²) in [6, 6.07) is 0. The van der Waals surface area contributed by atoms with Gasteiger partial charge in [0, 0.05) is 19.3 Å². The highest BCUT2D eigenvalue weighted by molar-refractivity contribution is 5.71. The van der Waals surface area contributed by atoms with Crippen LogP contribution in [0.1, 0.15) is 245 Å². The third-order valence-electron chi connectivity index (χ3n) is 11.4. The van der Waals surface area contributed by atoms with Crippen LogP contribution < -0.4 is 0 Å². The van der Waals surface area contributed by atoms with Gasteiger partial charge in [-0.25, -0.2) is 0 Å². The molecule has 0 heterocycles. The summed E-state index contributed by atoms with van der Waals surface area (Å²) >= 11 is 0. The number of carbonyl (C=O) groups excluding carboxylic acids is 3. The highest BCUT2D eigenvalue weighted by Gasteiger charge is 2.19. The van der Waals surface area contributed by atoms with Gasteiger partial charge in [-0.2, -0.15) is 0 Å². The SMILES string of the molecule is CC/C=C\C/C=C\C/C=C\CCCCCCCCC(=O)OC(COC(=O)CCCCCCC\C=C/C=C\C=C/C=C\C=C/CCC)COC(=O)CCCCCCCCCCCCCCCC. The first-order valence-corrected chi connectivity index (χ1v) is 27.3. The van der Waals surface area contributed by atoms with Gasteiger partial charge >= 0.3 is 17.9 Å². The van der Waals surface area contributed by atoms with Crippen LogP contribution in [0.25, 0.3) is 0 Å². The van der Waals surface area contributed by atoms with Gasteiger partial charge in [0.05, 0.1) is 0 Å². The molecule has 0 radical (unpaired) electrons. The minimum absolute atomic E-state index is 0.0905. The number of ether oxygens (including phenoxy) is 3. The van der Waals surface area contributed by atoms with E-state index in [1.165, 1.54) is 89.9 Å². The highest BCUT2D eigenvalue weighted by Crippen LogP contribution is 2.15. The average molecular weight is 917 g/mol. The second-order valence-electron chi connectivity index (χ2n) is 17.9. The molecule has 0 aliphatic heterocycles. The van der Waals surface area contributed by atoms with Crippen LogP contribution in [-0.2, 0) is 28.6 Å². The number of unbranched alkanes of at least 4 members (excludes halogenated alkanes) is 25. The second-order valence-corrected chi connectivity index (χ2v) is 17.9. The molecule has 0 spiro atoms. The predicted molar refractivity (Wildman–Crippen MR) is 284 cm³/mol. The molecular formula is C60H100O6.